The van der Waals surface area contributed by atoms with Crippen LogP contribution in [0.1, 0.15) is 43.7 Å². The minimum absolute atomic E-state index is 0.0989. The van der Waals surface area contributed by atoms with Crippen molar-refractivity contribution < 1.29 is 9.84 Å². The molecule has 1 atom stereocenters. The van der Waals surface area contributed by atoms with Gasteiger partial charge in [-0.15, -0.1) is 0 Å². The van der Waals surface area contributed by atoms with E-state index >= 15 is 0 Å². The van der Waals surface area contributed by atoms with E-state index in [1.54, 1.807) is 11.8 Å². The van der Waals surface area contributed by atoms with Gasteiger partial charge in [-0.05, 0) is 11.6 Å². The first-order chi connectivity index (χ1) is 9.82. The van der Waals surface area contributed by atoms with Gasteiger partial charge in [-0.2, -0.15) is 5.10 Å². The van der Waals surface area contributed by atoms with Crippen LogP contribution in [0.25, 0.3) is 0 Å². The Morgan fingerprint density at radius 3 is 2.57 bits per heavy atom. The summed E-state index contributed by atoms with van der Waals surface area (Å²) in [7, 11) is 3.53. The van der Waals surface area contributed by atoms with Gasteiger partial charge < -0.3 is 9.84 Å². The van der Waals surface area contributed by atoms with Crippen LogP contribution in [0.5, 0.6) is 5.75 Å². The van der Waals surface area contributed by atoms with Crippen LogP contribution in [-0.2, 0) is 18.9 Å². The van der Waals surface area contributed by atoms with Crippen molar-refractivity contribution in [3.05, 3.63) is 47.3 Å². The maximum Gasteiger partial charge on any atom is 0.122 e. The number of rotatable bonds is 4. The Hall–Kier alpha value is -1.81. The maximum absolute atomic E-state index is 10.6. The first kappa shape index (κ1) is 15.6. The summed E-state index contributed by atoms with van der Waals surface area (Å²) >= 11 is 0. The van der Waals surface area contributed by atoms with E-state index in [0.29, 0.717) is 6.42 Å². The number of ether oxygens (including phenoxy) is 1. The van der Waals surface area contributed by atoms with Crippen LogP contribution in [0.2, 0.25) is 0 Å². The molecule has 1 aromatic heterocycles. The second-order valence-corrected chi connectivity index (χ2v) is 6.39. The van der Waals surface area contributed by atoms with Gasteiger partial charge in [-0.1, -0.05) is 39.0 Å². The number of nitrogens with zero attached hydrogens (tertiary/aromatic N) is 2. The Balaban J connectivity index is 2.31. The highest BCUT2D eigenvalue weighted by atomic mass is 16.5. The number of aliphatic hydroxyl groups excluding tert-OH is 1. The maximum atomic E-state index is 10.6. The number of aromatic nitrogens is 2. The number of hydrogen-bond acceptors (Lipinski definition) is 3. The molecule has 4 heteroatoms. The van der Waals surface area contributed by atoms with E-state index in [2.05, 4.69) is 25.9 Å². The van der Waals surface area contributed by atoms with Gasteiger partial charge in [0.15, 0.2) is 0 Å². The number of aliphatic hydroxyl groups is 1. The normalized spacial score (nSPS) is 13.2. The highest BCUT2D eigenvalue weighted by molar-refractivity contribution is 5.36. The fourth-order valence-electron chi connectivity index (χ4n) is 2.52. The van der Waals surface area contributed by atoms with Crippen LogP contribution >= 0.6 is 0 Å². The Labute approximate surface area is 126 Å². The standard InChI is InChI=1S/C17H24N2O2/c1-17(2,3)16-13(11-19(4)18-16)14(20)10-12-8-6-7-9-15(12)21-5/h6-9,11,14,20H,10H2,1-5H3. The molecule has 1 heterocycles. The lowest BCUT2D eigenvalue weighted by Crippen LogP contribution is -2.17. The highest BCUT2D eigenvalue weighted by Gasteiger charge is 2.26. The van der Waals surface area contributed by atoms with E-state index in [1.165, 1.54) is 0 Å². The van der Waals surface area contributed by atoms with E-state index in [9.17, 15) is 5.11 Å². The van der Waals surface area contributed by atoms with Crippen molar-refractivity contribution in [1.82, 2.24) is 9.78 Å². The second-order valence-electron chi connectivity index (χ2n) is 6.39. The van der Waals surface area contributed by atoms with Gasteiger partial charge in [0.25, 0.3) is 0 Å². The summed E-state index contributed by atoms with van der Waals surface area (Å²) in [5.41, 5.74) is 2.72. The van der Waals surface area contributed by atoms with Gasteiger partial charge >= 0.3 is 0 Å². The summed E-state index contributed by atoms with van der Waals surface area (Å²) in [6, 6.07) is 7.78. The molecule has 0 spiro atoms. The fraction of sp³-hybridized carbons (Fsp3) is 0.471. The third-order valence-electron chi connectivity index (χ3n) is 3.53. The van der Waals surface area contributed by atoms with Gasteiger partial charge in [-0.25, -0.2) is 0 Å². The van der Waals surface area contributed by atoms with Gasteiger partial charge in [-0.3, -0.25) is 4.68 Å². The Morgan fingerprint density at radius 1 is 1.29 bits per heavy atom. The molecule has 21 heavy (non-hydrogen) atoms. The molecule has 0 saturated heterocycles. The van der Waals surface area contributed by atoms with Crippen molar-refractivity contribution in [1.29, 1.82) is 0 Å². The first-order valence-electron chi connectivity index (χ1n) is 7.17. The lowest BCUT2D eigenvalue weighted by Gasteiger charge is -2.20. The summed E-state index contributed by atoms with van der Waals surface area (Å²) in [5.74, 6) is 0.803. The molecule has 0 saturated carbocycles. The topological polar surface area (TPSA) is 47.3 Å². The molecule has 1 unspecified atom stereocenters. The van der Waals surface area contributed by atoms with Gasteiger partial charge in [0.05, 0.1) is 18.9 Å². The number of para-hydroxylation sites is 1. The molecule has 4 nitrogen and oxygen atoms in total. The fourth-order valence-corrected chi connectivity index (χ4v) is 2.52. The van der Waals surface area contributed by atoms with Gasteiger partial charge in [0, 0.05) is 30.6 Å². The molecule has 114 valence electrons. The summed E-state index contributed by atoms with van der Waals surface area (Å²) in [6.07, 6.45) is 1.82. The average molecular weight is 288 g/mol. The zero-order chi connectivity index (χ0) is 15.6. The molecule has 0 radical (unpaired) electrons. The molecule has 2 rings (SSSR count). The van der Waals surface area contributed by atoms with E-state index in [-0.39, 0.29) is 5.41 Å². The predicted molar refractivity (Wildman–Crippen MR) is 83.6 cm³/mol. The van der Waals surface area contributed by atoms with Crippen molar-refractivity contribution in [3.63, 3.8) is 0 Å². The van der Waals surface area contributed by atoms with Crippen LogP contribution in [0.4, 0.5) is 0 Å². The second kappa shape index (κ2) is 5.90. The molecule has 1 N–H and O–H groups in total. The third-order valence-corrected chi connectivity index (χ3v) is 3.53. The molecular weight excluding hydrogens is 264 g/mol. The first-order valence-corrected chi connectivity index (χ1v) is 7.17. The van der Waals surface area contributed by atoms with E-state index in [0.717, 1.165) is 22.6 Å². The average Bonchev–Trinajstić information content (AvgIpc) is 2.81. The monoisotopic (exact) mass is 288 g/mol. The van der Waals surface area contributed by atoms with Crippen LogP contribution in [-0.4, -0.2) is 22.0 Å². The highest BCUT2D eigenvalue weighted by Crippen LogP contribution is 2.31. The SMILES string of the molecule is COc1ccccc1CC(O)c1cn(C)nc1C(C)(C)C. The van der Waals surface area contributed by atoms with Gasteiger partial charge in [0.2, 0.25) is 0 Å². The molecule has 0 aliphatic carbocycles. The Morgan fingerprint density at radius 2 is 1.95 bits per heavy atom. The number of methoxy groups -OCH3 is 1. The van der Waals surface area contributed by atoms with Crippen molar-refractivity contribution in [2.45, 2.75) is 38.7 Å². The van der Waals surface area contributed by atoms with Crippen molar-refractivity contribution in [3.8, 4) is 5.75 Å². The number of hydrogen-bond donors (Lipinski definition) is 1. The number of benzene rings is 1. The minimum Gasteiger partial charge on any atom is -0.496 e. The van der Waals surface area contributed by atoms with Crippen LogP contribution < -0.4 is 4.74 Å². The molecule has 0 fully saturated rings. The zero-order valence-corrected chi connectivity index (χ0v) is 13.4. The summed E-state index contributed by atoms with van der Waals surface area (Å²) in [5, 5.41) is 15.2. The minimum atomic E-state index is -0.593. The van der Waals surface area contributed by atoms with E-state index < -0.39 is 6.10 Å². The molecule has 0 amide bonds. The smallest absolute Gasteiger partial charge is 0.122 e. The van der Waals surface area contributed by atoms with Crippen LogP contribution in [0.3, 0.4) is 0 Å². The third kappa shape index (κ3) is 3.45. The number of aryl methyl sites for hydroxylation is 1. The largest absolute Gasteiger partial charge is 0.496 e. The Bertz CT molecular complexity index is 611. The quantitative estimate of drug-likeness (QED) is 0.940. The molecule has 0 aliphatic rings. The lowest BCUT2D eigenvalue weighted by molar-refractivity contribution is 0.174. The molecule has 0 bridgehead atoms. The van der Waals surface area contributed by atoms with Crippen molar-refractivity contribution >= 4 is 0 Å². The molecule has 0 aliphatic heterocycles. The molecule has 2 aromatic rings. The van der Waals surface area contributed by atoms with Crippen LogP contribution in [0.15, 0.2) is 30.5 Å². The lowest BCUT2D eigenvalue weighted by atomic mass is 9.87. The van der Waals surface area contributed by atoms with Crippen molar-refractivity contribution in [2.75, 3.05) is 7.11 Å². The van der Waals surface area contributed by atoms with Crippen molar-refractivity contribution in [2.24, 2.45) is 7.05 Å². The summed E-state index contributed by atoms with van der Waals surface area (Å²) in [4.78, 5) is 0. The predicted octanol–water partition coefficient (Wildman–Crippen LogP) is 3.00. The molecular formula is C17H24N2O2. The van der Waals surface area contributed by atoms with Gasteiger partial charge in [0.1, 0.15) is 5.75 Å². The Kier molecular flexibility index (Phi) is 4.37. The van der Waals surface area contributed by atoms with Crippen LogP contribution in [0, 0.1) is 0 Å². The van der Waals surface area contributed by atoms with E-state index in [1.807, 2.05) is 37.5 Å². The molecule has 1 aromatic carbocycles. The van der Waals surface area contributed by atoms with E-state index in [4.69, 9.17) is 4.74 Å². The summed E-state index contributed by atoms with van der Waals surface area (Å²) in [6.45, 7) is 6.32. The zero-order valence-electron chi connectivity index (χ0n) is 13.4. The summed E-state index contributed by atoms with van der Waals surface area (Å²) < 4.78 is 7.12.